The van der Waals surface area contributed by atoms with Gasteiger partial charge in [-0.2, -0.15) is 0 Å². The van der Waals surface area contributed by atoms with E-state index in [1.165, 1.54) is 12.1 Å². The lowest BCUT2D eigenvalue weighted by Gasteiger charge is -2.11. The maximum atomic E-state index is 13.1. The van der Waals surface area contributed by atoms with Gasteiger partial charge in [-0.15, -0.1) is 0 Å². The number of hydrogen-bond donors (Lipinski definition) is 0. The third-order valence-electron chi connectivity index (χ3n) is 5.66. The van der Waals surface area contributed by atoms with E-state index in [1.807, 2.05) is 54.6 Å². The van der Waals surface area contributed by atoms with Crippen LogP contribution >= 0.6 is 0 Å². The maximum absolute atomic E-state index is 13.1. The molecule has 0 unspecified atom stereocenters. The van der Waals surface area contributed by atoms with Crippen LogP contribution in [0.3, 0.4) is 0 Å². The molecule has 0 atom stereocenters. The van der Waals surface area contributed by atoms with Crippen LogP contribution < -0.4 is 0 Å². The van der Waals surface area contributed by atoms with Crippen molar-refractivity contribution in [2.75, 3.05) is 0 Å². The summed E-state index contributed by atoms with van der Waals surface area (Å²) in [6.07, 6.45) is 0. The highest BCUT2D eigenvalue weighted by Crippen LogP contribution is 2.26. The van der Waals surface area contributed by atoms with Gasteiger partial charge in [-0.05, 0) is 42.0 Å². The molecule has 1 heterocycles. The minimum absolute atomic E-state index is 0.0157. The first kappa shape index (κ1) is 22.5. The molecule has 0 radical (unpaired) electrons. The number of sulfone groups is 1. The van der Waals surface area contributed by atoms with Gasteiger partial charge in [-0.25, -0.2) is 18.2 Å². The number of fused-ring (bicyclic) bond motifs is 1. The molecular weight excluding hydrogens is 458 g/mol. The van der Waals surface area contributed by atoms with Crippen LogP contribution in [0.5, 0.6) is 0 Å². The first-order valence-corrected chi connectivity index (χ1v) is 12.5. The molecule has 5 aromatic rings. The molecule has 0 saturated carbocycles. The summed E-state index contributed by atoms with van der Waals surface area (Å²) in [4.78, 5) is 18.2. The van der Waals surface area contributed by atoms with Gasteiger partial charge in [0.05, 0.1) is 26.6 Å². The number of pyridine rings is 1. The third-order valence-corrected chi connectivity index (χ3v) is 7.45. The molecule has 5 nitrogen and oxygen atoms in total. The predicted octanol–water partition coefficient (Wildman–Crippen LogP) is 6.09. The van der Waals surface area contributed by atoms with Crippen molar-refractivity contribution in [1.29, 1.82) is 0 Å². The number of ether oxygens (including phenoxy) is 1. The van der Waals surface area contributed by atoms with Crippen molar-refractivity contribution in [3.63, 3.8) is 0 Å². The minimum Gasteiger partial charge on any atom is -0.457 e. The van der Waals surface area contributed by atoms with Gasteiger partial charge >= 0.3 is 5.97 Å². The standard InChI is InChI=1S/C29H21NO4S/c31-29(26-19-28(22-9-3-1-4-10-22)30-27-14-8-7-13-25(26)27)34-20-21-15-17-24(18-16-21)35(32,33)23-11-5-2-6-12-23/h1-19H,20H2. The molecule has 1 aromatic heterocycles. The quantitative estimate of drug-likeness (QED) is 0.276. The van der Waals surface area contributed by atoms with Crippen molar-refractivity contribution >= 4 is 26.7 Å². The molecule has 0 amide bonds. The zero-order valence-electron chi connectivity index (χ0n) is 18.7. The Morgan fingerprint density at radius 1 is 0.714 bits per heavy atom. The SMILES string of the molecule is O=C(OCc1ccc(S(=O)(=O)c2ccccc2)cc1)c1cc(-c2ccccc2)nc2ccccc12. The summed E-state index contributed by atoms with van der Waals surface area (Å²) in [5.41, 5.74) is 3.41. The zero-order valence-corrected chi connectivity index (χ0v) is 19.5. The number of carbonyl (C=O) groups excluding carboxylic acids is 1. The summed E-state index contributed by atoms with van der Waals surface area (Å²) in [6.45, 7) is 0.0157. The Morgan fingerprint density at radius 3 is 2.03 bits per heavy atom. The molecule has 0 aliphatic heterocycles. The molecule has 0 aliphatic carbocycles. The topological polar surface area (TPSA) is 73.3 Å². The molecule has 0 aliphatic rings. The number of carbonyl (C=O) groups is 1. The monoisotopic (exact) mass is 479 g/mol. The Labute approximate surface area is 203 Å². The lowest BCUT2D eigenvalue weighted by Crippen LogP contribution is -2.07. The van der Waals surface area contributed by atoms with E-state index < -0.39 is 15.8 Å². The van der Waals surface area contributed by atoms with Gasteiger partial charge in [-0.1, -0.05) is 78.9 Å². The van der Waals surface area contributed by atoms with Gasteiger partial charge in [0.15, 0.2) is 0 Å². The zero-order chi connectivity index (χ0) is 24.3. The van der Waals surface area contributed by atoms with Crippen molar-refractivity contribution in [1.82, 2.24) is 4.98 Å². The highest BCUT2D eigenvalue weighted by Gasteiger charge is 2.18. The fourth-order valence-corrected chi connectivity index (χ4v) is 5.11. The van der Waals surface area contributed by atoms with Gasteiger partial charge in [-0.3, -0.25) is 0 Å². The van der Waals surface area contributed by atoms with Crippen LogP contribution in [0, 0.1) is 0 Å². The summed E-state index contributed by atoms with van der Waals surface area (Å²) in [5, 5.41) is 0.710. The highest BCUT2D eigenvalue weighted by atomic mass is 32.2. The van der Waals surface area contributed by atoms with Crippen molar-refractivity contribution in [2.45, 2.75) is 16.4 Å². The van der Waals surface area contributed by atoms with Gasteiger partial charge in [0.1, 0.15) is 6.61 Å². The molecule has 0 saturated heterocycles. The molecule has 35 heavy (non-hydrogen) atoms. The van der Waals surface area contributed by atoms with Crippen molar-refractivity contribution in [3.8, 4) is 11.3 Å². The molecule has 5 rings (SSSR count). The van der Waals surface area contributed by atoms with Gasteiger partial charge in [0.2, 0.25) is 9.84 Å². The Bertz CT molecular complexity index is 1600. The van der Waals surface area contributed by atoms with E-state index in [-0.39, 0.29) is 16.4 Å². The van der Waals surface area contributed by atoms with Gasteiger partial charge < -0.3 is 4.74 Å². The van der Waals surface area contributed by atoms with Crippen LogP contribution in [0.2, 0.25) is 0 Å². The predicted molar refractivity (Wildman–Crippen MR) is 135 cm³/mol. The normalized spacial score (nSPS) is 11.3. The van der Waals surface area contributed by atoms with E-state index in [4.69, 9.17) is 9.72 Å². The molecule has 0 spiro atoms. The number of aromatic nitrogens is 1. The fourth-order valence-electron chi connectivity index (χ4n) is 3.83. The Hall–Kier alpha value is -4.29. The van der Waals surface area contributed by atoms with Gasteiger partial charge in [0.25, 0.3) is 0 Å². The maximum Gasteiger partial charge on any atom is 0.339 e. The summed E-state index contributed by atoms with van der Waals surface area (Å²) >= 11 is 0. The molecule has 4 aromatic carbocycles. The second-order valence-electron chi connectivity index (χ2n) is 7.97. The van der Waals surface area contributed by atoms with Crippen LogP contribution in [0.15, 0.2) is 125 Å². The number of benzene rings is 4. The van der Waals surface area contributed by atoms with Crippen LogP contribution in [0.4, 0.5) is 0 Å². The third kappa shape index (κ3) is 4.69. The number of rotatable bonds is 6. The average Bonchev–Trinajstić information content (AvgIpc) is 2.92. The largest absolute Gasteiger partial charge is 0.457 e. The summed E-state index contributed by atoms with van der Waals surface area (Å²) < 4.78 is 31.2. The second-order valence-corrected chi connectivity index (χ2v) is 9.92. The van der Waals surface area contributed by atoms with Gasteiger partial charge in [0, 0.05) is 10.9 Å². The van der Waals surface area contributed by atoms with Crippen molar-refractivity contribution < 1.29 is 17.9 Å². The van der Waals surface area contributed by atoms with E-state index in [9.17, 15) is 13.2 Å². The Kier molecular flexibility index (Phi) is 6.12. The van der Waals surface area contributed by atoms with E-state index >= 15 is 0 Å². The lowest BCUT2D eigenvalue weighted by atomic mass is 10.0. The first-order chi connectivity index (χ1) is 17.0. The number of nitrogens with zero attached hydrogens (tertiary/aromatic N) is 1. The molecule has 0 N–H and O–H groups in total. The average molecular weight is 480 g/mol. The molecule has 0 fully saturated rings. The van der Waals surface area contributed by atoms with Crippen molar-refractivity contribution in [2.24, 2.45) is 0 Å². The number of hydrogen-bond acceptors (Lipinski definition) is 5. The molecule has 0 bridgehead atoms. The molecular formula is C29H21NO4S. The Morgan fingerprint density at radius 2 is 1.31 bits per heavy atom. The molecule has 6 heteroatoms. The van der Waals surface area contributed by atoms with Crippen LogP contribution in [0.25, 0.3) is 22.2 Å². The van der Waals surface area contributed by atoms with E-state index in [2.05, 4.69) is 0 Å². The summed E-state index contributed by atoms with van der Waals surface area (Å²) in [7, 11) is -3.60. The fraction of sp³-hybridized carbons (Fsp3) is 0.0345. The number of esters is 1. The number of para-hydroxylation sites is 1. The minimum atomic E-state index is -3.60. The van der Waals surface area contributed by atoms with E-state index in [1.54, 1.807) is 48.5 Å². The van der Waals surface area contributed by atoms with Crippen LogP contribution in [-0.2, 0) is 21.2 Å². The first-order valence-electron chi connectivity index (χ1n) is 11.0. The smallest absolute Gasteiger partial charge is 0.339 e. The molecule has 172 valence electrons. The van der Waals surface area contributed by atoms with E-state index in [0.29, 0.717) is 27.7 Å². The summed E-state index contributed by atoms with van der Waals surface area (Å²) in [5.74, 6) is -0.471. The Balaban J connectivity index is 1.38. The van der Waals surface area contributed by atoms with Crippen LogP contribution in [-0.4, -0.2) is 19.4 Å². The van der Waals surface area contributed by atoms with Crippen LogP contribution in [0.1, 0.15) is 15.9 Å². The van der Waals surface area contributed by atoms with Crippen molar-refractivity contribution in [3.05, 3.63) is 126 Å². The lowest BCUT2D eigenvalue weighted by molar-refractivity contribution is 0.0475. The second kappa shape index (κ2) is 9.52. The summed E-state index contributed by atoms with van der Waals surface area (Å²) in [6, 6.07) is 33.5. The van der Waals surface area contributed by atoms with E-state index in [0.717, 1.165) is 5.56 Å². The highest BCUT2D eigenvalue weighted by molar-refractivity contribution is 7.91.